The first-order valence-corrected chi connectivity index (χ1v) is 8.81. The number of carbonyl (C=O) groups excluding carboxylic acids is 1. The van der Waals surface area contributed by atoms with Gasteiger partial charge in [-0.3, -0.25) is 4.79 Å². The first kappa shape index (κ1) is 13.3. The summed E-state index contributed by atoms with van der Waals surface area (Å²) in [5.74, 6) is 4.56. The molecule has 20 heavy (non-hydrogen) atoms. The molecular weight excluding hydrogens is 248 g/mol. The van der Waals surface area contributed by atoms with Crippen molar-refractivity contribution in [3.63, 3.8) is 0 Å². The third kappa shape index (κ3) is 1.76. The van der Waals surface area contributed by atoms with E-state index in [0.29, 0.717) is 11.7 Å². The zero-order valence-corrected chi connectivity index (χ0v) is 12.7. The fourth-order valence-electron chi connectivity index (χ4n) is 6.60. The van der Waals surface area contributed by atoms with Crippen LogP contribution >= 0.6 is 0 Å². The highest BCUT2D eigenvalue weighted by Gasteiger charge is 2.56. The van der Waals surface area contributed by atoms with Gasteiger partial charge in [0.1, 0.15) is 5.78 Å². The van der Waals surface area contributed by atoms with Crippen LogP contribution in [0, 0.1) is 35.0 Å². The summed E-state index contributed by atoms with van der Waals surface area (Å²) in [5, 5.41) is 9.93. The van der Waals surface area contributed by atoms with Crippen molar-refractivity contribution in [2.75, 3.05) is 0 Å². The lowest BCUT2D eigenvalue weighted by Crippen LogP contribution is -2.49. The monoisotopic (exact) mass is 276 g/mol. The molecule has 0 aromatic heterocycles. The maximum Gasteiger partial charge on any atom is 0.139 e. The minimum atomic E-state index is -0.0327. The highest BCUT2D eigenvalue weighted by atomic mass is 16.3. The molecule has 0 aromatic rings. The quantitative estimate of drug-likeness (QED) is 0.734. The van der Waals surface area contributed by atoms with Gasteiger partial charge in [-0.05, 0) is 81.0 Å². The van der Waals surface area contributed by atoms with E-state index < -0.39 is 0 Å². The van der Waals surface area contributed by atoms with E-state index in [0.717, 1.165) is 55.8 Å². The van der Waals surface area contributed by atoms with Crippen molar-refractivity contribution < 1.29 is 9.90 Å². The normalized spacial score (nSPS) is 55.0. The summed E-state index contributed by atoms with van der Waals surface area (Å²) in [6, 6.07) is 0. The molecule has 4 saturated carbocycles. The van der Waals surface area contributed by atoms with E-state index in [4.69, 9.17) is 0 Å². The van der Waals surface area contributed by atoms with Crippen molar-refractivity contribution in [1.82, 2.24) is 0 Å². The van der Waals surface area contributed by atoms with Gasteiger partial charge >= 0.3 is 0 Å². The Morgan fingerprint density at radius 3 is 2.65 bits per heavy atom. The standard InChI is InChI=1S/C18H28O2/c1-18-9-8-14-13-5-3-12(19)10-11(13)2-4-15(14)16(18)6-7-17(18)20/h11-16,19H,2-10H2,1H3/t11-,12?,13+,14-,15-,16+,18+/m1/s1. The van der Waals surface area contributed by atoms with Crippen molar-refractivity contribution >= 4 is 5.78 Å². The van der Waals surface area contributed by atoms with Crippen LogP contribution in [0.4, 0.5) is 0 Å². The van der Waals surface area contributed by atoms with Gasteiger partial charge < -0.3 is 5.11 Å². The molecule has 0 heterocycles. The number of ketones is 1. The summed E-state index contributed by atoms with van der Waals surface area (Å²) in [6.07, 6.45) is 10.3. The second kappa shape index (κ2) is 4.56. The molecule has 1 N–H and O–H groups in total. The van der Waals surface area contributed by atoms with E-state index in [1.54, 1.807) is 0 Å². The average molecular weight is 276 g/mol. The summed E-state index contributed by atoms with van der Waals surface area (Å²) < 4.78 is 0. The van der Waals surface area contributed by atoms with E-state index in [9.17, 15) is 9.90 Å². The molecule has 1 unspecified atom stereocenters. The molecule has 0 spiro atoms. The van der Waals surface area contributed by atoms with Crippen molar-refractivity contribution in [3.8, 4) is 0 Å². The minimum absolute atomic E-state index is 0.0299. The van der Waals surface area contributed by atoms with Gasteiger partial charge in [0.05, 0.1) is 6.10 Å². The van der Waals surface area contributed by atoms with Gasteiger partial charge in [0, 0.05) is 11.8 Å². The van der Waals surface area contributed by atoms with Crippen LogP contribution in [-0.4, -0.2) is 17.0 Å². The van der Waals surface area contributed by atoms with Crippen molar-refractivity contribution in [2.45, 2.75) is 70.8 Å². The first-order valence-electron chi connectivity index (χ1n) is 8.81. The van der Waals surface area contributed by atoms with E-state index >= 15 is 0 Å². The summed E-state index contributed by atoms with van der Waals surface area (Å²) in [6.45, 7) is 2.26. The molecule has 2 nitrogen and oxygen atoms in total. The maximum atomic E-state index is 12.3. The molecule has 4 aliphatic carbocycles. The molecular formula is C18H28O2. The van der Waals surface area contributed by atoms with Crippen molar-refractivity contribution in [1.29, 1.82) is 0 Å². The topological polar surface area (TPSA) is 37.3 Å². The SMILES string of the molecule is C[C@]12CC[C@H]3[C@@H](CC[C@@H]4CC(O)CC[C@@H]43)[C@@H]1CCC2=O. The molecule has 0 bridgehead atoms. The third-order valence-electron chi connectivity index (χ3n) is 7.64. The average Bonchev–Trinajstić information content (AvgIpc) is 2.74. The van der Waals surface area contributed by atoms with Crippen LogP contribution in [0.15, 0.2) is 0 Å². The van der Waals surface area contributed by atoms with Crippen molar-refractivity contribution in [2.24, 2.45) is 35.0 Å². The molecule has 0 aliphatic heterocycles. The number of hydrogen-bond donors (Lipinski definition) is 1. The number of aliphatic hydroxyl groups is 1. The summed E-state index contributed by atoms with van der Waals surface area (Å²) >= 11 is 0. The maximum absolute atomic E-state index is 12.3. The molecule has 112 valence electrons. The van der Waals surface area contributed by atoms with Gasteiger partial charge in [-0.25, -0.2) is 0 Å². The Labute approximate surface area is 122 Å². The van der Waals surface area contributed by atoms with Crippen LogP contribution in [-0.2, 0) is 4.79 Å². The van der Waals surface area contributed by atoms with Gasteiger partial charge in [0.15, 0.2) is 0 Å². The van der Waals surface area contributed by atoms with Crippen LogP contribution in [0.1, 0.15) is 64.7 Å². The number of rotatable bonds is 0. The second-order valence-corrected chi connectivity index (χ2v) is 8.32. The number of hydrogen-bond acceptors (Lipinski definition) is 2. The molecule has 4 fully saturated rings. The molecule has 4 aliphatic rings. The smallest absolute Gasteiger partial charge is 0.139 e. The Morgan fingerprint density at radius 1 is 1.00 bits per heavy atom. The lowest BCUT2D eigenvalue weighted by atomic mass is 9.50. The summed E-state index contributed by atoms with van der Waals surface area (Å²) in [7, 11) is 0. The largest absolute Gasteiger partial charge is 0.393 e. The van der Waals surface area contributed by atoms with Crippen LogP contribution in [0.25, 0.3) is 0 Å². The third-order valence-corrected chi connectivity index (χ3v) is 7.64. The number of carbonyl (C=O) groups is 1. The van der Waals surface area contributed by atoms with E-state index in [1.165, 1.54) is 25.7 Å². The summed E-state index contributed by atoms with van der Waals surface area (Å²) in [5.41, 5.74) is 0.0299. The Balaban J connectivity index is 1.58. The predicted molar refractivity (Wildman–Crippen MR) is 78.1 cm³/mol. The van der Waals surface area contributed by atoms with Gasteiger partial charge in [0.25, 0.3) is 0 Å². The van der Waals surface area contributed by atoms with Crippen LogP contribution < -0.4 is 0 Å². The Hall–Kier alpha value is -0.370. The Bertz CT molecular complexity index is 418. The summed E-state index contributed by atoms with van der Waals surface area (Å²) in [4.78, 5) is 12.3. The lowest BCUT2D eigenvalue weighted by Gasteiger charge is -2.54. The fraction of sp³-hybridized carbons (Fsp3) is 0.944. The van der Waals surface area contributed by atoms with Crippen LogP contribution in [0.5, 0.6) is 0 Å². The Kier molecular flexibility index (Phi) is 3.03. The fourth-order valence-corrected chi connectivity index (χ4v) is 6.60. The molecule has 7 atom stereocenters. The molecule has 0 aromatic carbocycles. The highest BCUT2D eigenvalue weighted by molar-refractivity contribution is 5.87. The zero-order valence-electron chi connectivity index (χ0n) is 12.7. The minimum Gasteiger partial charge on any atom is -0.393 e. The molecule has 0 saturated heterocycles. The number of aliphatic hydroxyl groups excluding tert-OH is 1. The van der Waals surface area contributed by atoms with Gasteiger partial charge in [0.2, 0.25) is 0 Å². The Morgan fingerprint density at radius 2 is 1.80 bits per heavy atom. The van der Waals surface area contributed by atoms with Crippen molar-refractivity contribution in [3.05, 3.63) is 0 Å². The number of Topliss-reactive ketones (excluding diaryl/α,β-unsaturated/α-hetero) is 1. The lowest BCUT2D eigenvalue weighted by molar-refractivity contribution is -0.133. The van der Waals surface area contributed by atoms with Gasteiger partial charge in [-0.1, -0.05) is 6.92 Å². The number of fused-ring (bicyclic) bond motifs is 5. The molecule has 0 amide bonds. The van der Waals surface area contributed by atoms with Gasteiger partial charge in [-0.15, -0.1) is 0 Å². The molecule has 0 radical (unpaired) electrons. The van der Waals surface area contributed by atoms with E-state index in [-0.39, 0.29) is 11.5 Å². The second-order valence-electron chi connectivity index (χ2n) is 8.32. The van der Waals surface area contributed by atoms with Gasteiger partial charge in [-0.2, -0.15) is 0 Å². The zero-order chi connectivity index (χ0) is 13.9. The first-order chi connectivity index (χ1) is 9.59. The van der Waals surface area contributed by atoms with E-state index in [2.05, 4.69) is 6.92 Å². The van der Waals surface area contributed by atoms with Crippen LogP contribution in [0.3, 0.4) is 0 Å². The van der Waals surface area contributed by atoms with Crippen LogP contribution in [0.2, 0.25) is 0 Å². The van der Waals surface area contributed by atoms with E-state index in [1.807, 2.05) is 0 Å². The highest BCUT2D eigenvalue weighted by Crippen LogP contribution is 2.61. The predicted octanol–water partition coefficient (Wildman–Crippen LogP) is 3.57. The molecule has 2 heteroatoms. The molecule has 4 rings (SSSR count).